The topological polar surface area (TPSA) is 80.0 Å². The van der Waals surface area contributed by atoms with Crippen molar-refractivity contribution in [2.75, 3.05) is 0 Å². The van der Waals surface area contributed by atoms with Crippen molar-refractivity contribution in [1.82, 2.24) is 20.1 Å². The van der Waals surface area contributed by atoms with Crippen LogP contribution in [-0.2, 0) is 6.54 Å². The summed E-state index contributed by atoms with van der Waals surface area (Å²) in [5.74, 6) is 6.22. The van der Waals surface area contributed by atoms with Gasteiger partial charge in [0, 0.05) is 17.7 Å². The molecule has 0 saturated heterocycles. The van der Waals surface area contributed by atoms with E-state index in [1.54, 1.807) is 42.8 Å². The van der Waals surface area contributed by atoms with Gasteiger partial charge in [0.2, 0.25) is 0 Å². The molecule has 0 saturated carbocycles. The van der Waals surface area contributed by atoms with Crippen LogP contribution in [0.2, 0.25) is 0 Å². The van der Waals surface area contributed by atoms with Crippen molar-refractivity contribution in [2.45, 2.75) is 52.3 Å². The molecule has 1 heterocycles. The van der Waals surface area contributed by atoms with Crippen LogP contribution < -0.4 is 5.32 Å². The number of aryl methyl sites for hydroxylation is 1. The van der Waals surface area contributed by atoms with Gasteiger partial charge in [0.1, 0.15) is 17.8 Å². The smallest absolute Gasteiger partial charge is 0.251 e. The zero-order valence-electron chi connectivity index (χ0n) is 15.1. The summed E-state index contributed by atoms with van der Waals surface area (Å²) in [6.07, 6.45) is 2.23. The standard InChI is InChI=1S/C19H24N4O2/c1-5-16(17-20-13-21-23(17)6-2)22-18(24)15-9-7-14(8-10-15)11-12-19(3,4)25/h7-10,13,16,25H,5-6H2,1-4H3,(H,22,24). The molecule has 1 amide bonds. The van der Waals surface area contributed by atoms with Crippen LogP contribution in [0, 0.1) is 11.8 Å². The maximum absolute atomic E-state index is 12.5. The SMILES string of the molecule is CCC(NC(=O)c1ccc(C#CC(C)(C)O)cc1)c1ncnn1CC. The summed E-state index contributed by atoms with van der Waals surface area (Å²) in [5.41, 5.74) is 0.255. The van der Waals surface area contributed by atoms with E-state index in [4.69, 9.17) is 0 Å². The molecule has 0 radical (unpaired) electrons. The quantitative estimate of drug-likeness (QED) is 0.819. The van der Waals surface area contributed by atoms with Gasteiger partial charge in [-0.2, -0.15) is 5.10 Å². The van der Waals surface area contributed by atoms with Crippen molar-refractivity contribution in [3.8, 4) is 11.8 Å². The Hall–Kier alpha value is -2.65. The number of amides is 1. The van der Waals surface area contributed by atoms with Gasteiger partial charge in [-0.15, -0.1) is 0 Å². The normalized spacial score (nSPS) is 12.2. The molecule has 132 valence electrons. The van der Waals surface area contributed by atoms with E-state index in [0.717, 1.165) is 17.8 Å². The van der Waals surface area contributed by atoms with Crippen LogP contribution in [0.25, 0.3) is 0 Å². The zero-order chi connectivity index (χ0) is 18.4. The lowest BCUT2D eigenvalue weighted by Gasteiger charge is -2.17. The molecule has 2 N–H and O–H groups in total. The summed E-state index contributed by atoms with van der Waals surface area (Å²) in [7, 11) is 0. The van der Waals surface area contributed by atoms with Gasteiger partial charge in [-0.05, 0) is 51.5 Å². The molecule has 0 aliphatic rings. The number of carbonyl (C=O) groups excluding carboxylic acids is 1. The number of rotatable bonds is 5. The molecule has 0 bridgehead atoms. The van der Waals surface area contributed by atoms with Crippen LogP contribution in [0.4, 0.5) is 0 Å². The minimum Gasteiger partial charge on any atom is -0.378 e. The van der Waals surface area contributed by atoms with Crippen LogP contribution in [-0.4, -0.2) is 31.4 Å². The second kappa shape index (κ2) is 7.95. The summed E-state index contributed by atoms with van der Waals surface area (Å²) in [4.78, 5) is 16.8. The largest absolute Gasteiger partial charge is 0.378 e. The van der Waals surface area contributed by atoms with Crippen molar-refractivity contribution < 1.29 is 9.90 Å². The van der Waals surface area contributed by atoms with Gasteiger partial charge in [0.25, 0.3) is 5.91 Å². The number of hydrogen-bond acceptors (Lipinski definition) is 4. The number of benzene rings is 1. The maximum atomic E-state index is 12.5. The molecule has 0 aliphatic heterocycles. The number of aromatic nitrogens is 3. The summed E-state index contributed by atoms with van der Waals surface area (Å²) in [5, 5.41) is 16.8. The third-order valence-electron chi connectivity index (χ3n) is 3.63. The molecule has 0 fully saturated rings. The van der Waals surface area contributed by atoms with Crippen molar-refractivity contribution >= 4 is 5.91 Å². The van der Waals surface area contributed by atoms with Crippen LogP contribution >= 0.6 is 0 Å². The van der Waals surface area contributed by atoms with E-state index < -0.39 is 5.60 Å². The van der Waals surface area contributed by atoms with E-state index in [-0.39, 0.29) is 11.9 Å². The fourth-order valence-corrected chi connectivity index (χ4v) is 2.31. The van der Waals surface area contributed by atoms with Gasteiger partial charge < -0.3 is 10.4 Å². The Morgan fingerprint density at radius 3 is 2.56 bits per heavy atom. The van der Waals surface area contributed by atoms with Gasteiger partial charge in [-0.1, -0.05) is 18.8 Å². The van der Waals surface area contributed by atoms with Crippen molar-refractivity contribution in [1.29, 1.82) is 0 Å². The van der Waals surface area contributed by atoms with E-state index >= 15 is 0 Å². The monoisotopic (exact) mass is 340 g/mol. The van der Waals surface area contributed by atoms with Crippen molar-refractivity contribution in [3.63, 3.8) is 0 Å². The molecular formula is C19H24N4O2. The third kappa shape index (κ3) is 5.16. The second-order valence-electron chi connectivity index (χ2n) is 6.25. The van der Waals surface area contributed by atoms with E-state index in [2.05, 4.69) is 27.2 Å². The molecule has 1 atom stereocenters. The number of nitrogens with zero attached hydrogens (tertiary/aromatic N) is 3. The highest BCUT2D eigenvalue weighted by molar-refractivity contribution is 5.94. The molecule has 1 unspecified atom stereocenters. The molecule has 2 aromatic rings. The molecule has 2 rings (SSSR count). The second-order valence-corrected chi connectivity index (χ2v) is 6.25. The van der Waals surface area contributed by atoms with Crippen LogP contribution in [0.5, 0.6) is 0 Å². The van der Waals surface area contributed by atoms with Crippen molar-refractivity contribution in [3.05, 3.63) is 47.5 Å². The lowest BCUT2D eigenvalue weighted by Crippen LogP contribution is -2.30. The van der Waals surface area contributed by atoms with Crippen molar-refractivity contribution in [2.24, 2.45) is 0 Å². The summed E-state index contributed by atoms with van der Waals surface area (Å²) in [6, 6.07) is 6.79. The first kappa shape index (κ1) is 18.7. The van der Waals surface area contributed by atoms with Crippen LogP contribution in [0.15, 0.2) is 30.6 Å². The number of aliphatic hydroxyl groups is 1. The minimum atomic E-state index is -1.04. The molecule has 0 aliphatic carbocycles. The molecule has 1 aromatic carbocycles. The van der Waals surface area contributed by atoms with Gasteiger partial charge in [0.15, 0.2) is 0 Å². The zero-order valence-corrected chi connectivity index (χ0v) is 15.1. The van der Waals surface area contributed by atoms with Crippen LogP contribution in [0.3, 0.4) is 0 Å². The molecular weight excluding hydrogens is 316 g/mol. The van der Waals surface area contributed by atoms with Gasteiger partial charge >= 0.3 is 0 Å². The number of hydrogen-bond donors (Lipinski definition) is 2. The first-order valence-corrected chi connectivity index (χ1v) is 8.38. The Labute approximate surface area is 148 Å². The highest BCUT2D eigenvalue weighted by Gasteiger charge is 2.18. The Kier molecular flexibility index (Phi) is 5.94. The van der Waals surface area contributed by atoms with Crippen LogP contribution in [0.1, 0.15) is 61.9 Å². The van der Waals surface area contributed by atoms with E-state index in [9.17, 15) is 9.90 Å². The lowest BCUT2D eigenvalue weighted by molar-refractivity contribution is 0.0932. The molecule has 0 spiro atoms. The average molecular weight is 340 g/mol. The Bertz CT molecular complexity index is 776. The minimum absolute atomic E-state index is 0.167. The first-order valence-electron chi connectivity index (χ1n) is 8.38. The predicted octanol–water partition coefficient (Wildman–Crippen LogP) is 2.30. The Morgan fingerprint density at radius 2 is 2.00 bits per heavy atom. The molecule has 1 aromatic heterocycles. The number of nitrogens with one attached hydrogen (secondary N) is 1. The Morgan fingerprint density at radius 1 is 1.32 bits per heavy atom. The molecule has 6 nitrogen and oxygen atoms in total. The Balaban J connectivity index is 2.10. The summed E-state index contributed by atoms with van der Waals surface area (Å²) in [6.45, 7) is 7.94. The fourth-order valence-electron chi connectivity index (χ4n) is 2.31. The fraction of sp³-hybridized carbons (Fsp3) is 0.421. The van der Waals surface area contributed by atoms with E-state index in [1.807, 2.05) is 13.8 Å². The maximum Gasteiger partial charge on any atom is 0.251 e. The number of carbonyl (C=O) groups is 1. The average Bonchev–Trinajstić information content (AvgIpc) is 3.06. The summed E-state index contributed by atoms with van der Waals surface area (Å²) >= 11 is 0. The van der Waals surface area contributed by atoms with E-state index in [1.165, 1.54) is 6.33 Å². The first-order chi connectivity index (χ1) is 11.8. The van der Waals surface area contributed by atoms with Gasteiger partial charge in [-0.3, -0.25) is 4.79 Å². The molecule has 6 heteroatoms. The highest BCUT2D eigenvalue weighted by Crippen LogP contribution is 2.15. The molecule has 25 heavy (non-hydrogen) atoms. The van der Waals surface area contributed by atoms with Gasteiger partial charge in [-0.25, -0.2) is 9.67 Å². The summed E-state index contributed by atoms with van der Waals surface area (Å²) < 4.78 is 1.78. The lowest BCUT2D eigenvalue weighted by atomic mass is 10.1. The predicted molar refractivity (Wildman–Crippen MR) is 95.8 cm³/mol. The highest BCUT2D eigenvalue weighted by atomic mass is 16.3. The van der Waals surface area contributed by atoms with E-state index in [0.29, 0.717) is 12.1 Å². The third-order valence-corrected chi connectivity index (χ3v) is 3.63. The van der Waals surface area contributed by atoms with Gasteiger partial charge in [0.05, 0.1) is 6.04 Å².